The summed E-state index contributed by atoms with van der Waals surface area (Å²) in [6.45, 7) is -0.275. The Morgan fingerprint density at radius 2 is 1.62 bits per heavy atom. The lowest BCUT2D eigenvalue weighted by Gasteiger charge is -2.19. The van der Waals surface area contributed by atoms with Gasteiger partial charge in [0.15, 0.2) is 6.61 Å². The van der Waals surface area contributed by atoms with Crippen LogP contribution in [0.2, 0.25) is 0 Å². The van der Waals surface area contributed by atoms with Crippen LogP contribution in [0.15, 0.2) is 78.9 Å². The second-order valence-corrected chi connectivity index (χ2v) is 7.67. The van der Waals surface area contributed by atoms with E-state index in [4.69, 9.17) is 14.2 Å². The maximum Gasteiger partial charge on any atom is 0.311 e. The minimum atomic E-state index is -0.653. The van der Waals surface area contributed by atoms with Gasteiger partial charge in [0.05, 0.1) is 18.7 Å². The molecule has 1 N–H and O–H groups in total. The van der Waals surface area contributed by atoms with Gasteiger partial charge in [0.2, 0.25) is 5.91 Å². The quantitative estimate of drug-likeness (QED) is 0.510. The Hall–Kier alpha value is -4.33. The Balaban J connectivity index is 1.26. The maximum atomic E-state index is 12.5. The van der Waals surface area contributed by atoms with Gasteiger partial charge >= 0.3 is 5.97 Å². The van der Waals surface area contributed by atoms with E-state index in [0.717, 1.165) is 0 Å². The lowest BCUT2D eigenvalue weighted by atomic mass is 10.1. The Bertz CT molecular complexity index is 1160. The van der Waals surface area contributed by atoms with Crippen molar-refractivity contribution in [3.63, 3.8) is 0 Å². The molecule has 8 nitrogen and oxygen atoms in total. The smallest absolute Gasteiger partial charge is 0.311 e. The van der Waals surface area contributed by atoms with E-state index in [1.54, 1.807) is 48.5 Å². The Labute approximate surface area is 197 Å². The molecule has 34 heavy (non-hydrogen) atoms. The zero-order chi connectivity index (χ0) is 23.9. The van der Waals surface area contributed by atoms with Crippen LogP contribution in [0.4, 0.5) is 11.4 Å². The zero-order valence-corrected chi connectivity index (χ0v) is 18.6. The number of carbonyl (C=O) groups is 3. The number of amides is 2. The topological polar surface area (TPSA) is 94.2 Å². The second-order valence-electron chi connectivity index (χ2n) is 7.67. The largest absolute Gasteiger partial charge is 0.495 e. The van der Waals surface area contributed by atoms with Crippen molar-refractivity contribution < 1.29 is 28.6 Å². The van der Waals surface area contributed by atoms with Crippen molar-refractivity contribution in [3.05, 3.63) is 78.9 Å². The van der Waals surface area contributed by atoms with Crippen LogP contribution in [0.3, 0.4) is 0 Å². The number of esters is 1. The van der Waals surface area contributed by atoms with E-state index in [1.807, 2.05) is 30.3 Å². The molecule has 0 aliphatic carbocycles. The number of hydrogen-bond donors (Lipinski definition) is 1. The fourth-order valence-corrected chi connectivity index (χ4v) is 3.63. The maximum absolute atomic E-state index is 12.5. The van der Waals surface area contributed by atoms with Crippen LogP contribution < -0.4 is 19.7 Å². The van der Waals surface area contributed by atoms with Crippen LogP contribution >= 0.6 is 0 Å². The number of carbonyl (C=O) groups excluding carboxylic acids is 3. The van der Waals surface area contributed by atoms with Gasteiger partial charge in [0.25, 0.3) is 5.91 Å². The van der Waals surface area contributed by atoms with Gasteiger partial charge in [-0.15, -0.1) is 0 Å². The normalized spacial score (nSPS) is 15.0. The van der Waals surface area contributed by atoms with E-state index in [0.29, 0.717) is 28.6 Å². The van der Waals surface area contributed by atoms with E-state index >= 15 is 0 Å². The van der Waals surface area contributed by atoms with E-state index in [-0.39, 0.29) is 18.9 Å². The summed E-state index contributed by atoms with van der Waals surface area (Å²) >= 11 is 0. The van der Waals surface area contributed by atoms with Crippen molar-refractivity contribution >= 4 is 29.2 Å². The highest BCUT2D eigenvalue weighted by molar-refractivity contribution is 6.01. The van der Waals surface area contributed by atoms with Crippen LogP contribution in [0.25, 0.3) is 0 Å². The molecule has 1 saturated heterocycles. The molecule has 2 amide bonds. The molecule has 0 spiro atoms. The van der Waals surface area contributed by atoms with Crippen molar-refractivity contribution in [1.82, 2.24) is 0 Å². The molecule has 0 radical (unpaired) electrons. The molecule has 3 aromatic carbocycles. The van der Waals surface area contributed by atoms with Gasteiger partial charge < -0.3 is 24.4 Å². The standard InChI is InChI=1S/C26H24N2O6/c1-32-23-10-6-5-9-22(23)28-16-18(15-25(28)30)26(31)33-17-24(29)27-19-11-13-21(14-12-19)34-20-7-3-2-4-8-20/h2-14,18H,15-17H2,1H3,(H,27,29)/t18-/m0/s1. The van der Waals surface area contributed by atoms with Crippen molar-refractivity contribution in [1.29, 1.82) is 0 Å². The SMILES string of the molecule is COc1ccccc1N1C[C@@H](C(=O)OCC(=O)Nc2ccc(Oc3ccccc3)cc2)CC1=O. The third-order valence-corrected chi connectivity index (χ3v) is 5.30. The summed E-state index contributed by atoms with van der Waals surface area (Å²) in [5.74, 6) is -0.0386. The molecule has 1 aliphatic heterocycles. The molecule has 1 atom stereocenters. The summed E-state index contributed by atoms with van der Waals surface area (Å²) < 4.78 is 16.2. The van der Waals surface area contributed by atoms with Crippen molar-refractivity contribution in [2.75, 3.05) is 30.5 Å². The fourth-order valence-electron chi connectivity index (χ4n) is 3.63. The summed E-state index contributed by atoms with van der Waals surface area (Å²) in [7, 11) is 1.52. The van der Waals surface area contributed by atoms with Crippen LogP contribution in [0, 0.1) is 5.92 Å². The fraction of sp³-hybridized carbons (Fsp3) is 0.192. The van der Waals surface area contributed by atoms with E-state index < -0.39 is 24.4 Å². The molecule has 1 aliphatic rings. The lowest BCUT2D eigenvalue weighted by Crippen LogP contribution is -2.28. The summed E-state index contributed by atoms with van der Waals surface area (Å²) in [6, 6.07) is 23.3. The molecule has 174 valence electrons. The molecule has 3 aromatic rings. The van der Waals surface area contributed by atoms with Crippen LogP contribution in [0.1, 0.15) is 6.42 Å². The van der Waals surface area contributed by atoms with Crippen molar-refractivity contribution in [3.8, 4) is 17.2 Å². The van der Waals surface area contributed by atoms with E-state index in [1.165, 1.54) is 12.0 Å². The highest BCUT2D eigenvalue weighted by Crippen LogP contribution is 2.33. The van der Waals surface area contributed by atoms with Crippen molar-refractivity contribution in [2.24, 2.45) is 5.92 Å². The number of hydrogen-bond acceptors (Lipinski definition) is 6. The van der Waals surface area contributed by atoms with Crippen LogP contribution in [0.5, 0.6) is 17.2 Å². The number of ether oxygens (including phenoxy) is 3. The number of rotatable bonds is 8. The van der Waals surface area contributed by atoms with Gasteiger partial charge in [0, 0.05) is 18.7 Å². The monoisotopic (exact) mass is 460 g/mol. The molecule has 8 heteroatoms. The molecule has 1 fully saturated rings. The first kappa shape index (κ1) is 22.8. The second kappa shape index (κ2) is 10.5. The van der Waals surface area contributed by atoms with Gasteiger partial charge in [-0.25, -0.2) is 0 Å². The number of nitrogens with one attached hydrogen (secondary N) is 1. The summed E-state index contributed by atoms with van der Waals surface area (Å²) in [5.41, 5.74) is 1.14. The van der Waals surface area contributed by atoms with Gasteiger partial charge in [-0.2, -0.15) is 0 Å². The van der Waals surface area contributed by atoms with E-state index in [2.05, 4.69) is 5.32 Å². The average Bonchev–Trinajstić information content (AvgIpc) is 3.26. The predicted octanol–water partition coefficient (Wildman–Crippen LogP) is 4.02. The molecule has 4 rings (SSSR count). The lowest BCUT2D eigenvalue weighted by molar-refractivity contribution is -0.151. The predicted molar refractivity (Wildman–Crippen MR) is 126 cm³/mol. The Morgan fingerprint density at radius 1 is 0.941 bits per heavy atom. The first-order valence-electron chi connectivity index (χ1n) is 10.8. The Morgan fingerprint density at radius 3 is 2.35 bits per heavy atom. The first-order chi connectivity index (χ1) is 16.5. The highest BCUT2D eigenvalue weighted by Gasteiger charge is 2.37. The summed E-state index contributed by atoms with van der Waals surface area (Å²) in [5, 5.41) is 2.67. The molecule has 0 bridgehead atoms. The van der Waals surface area contributed by atoms with Crippen LogP contribution in [-0.2, 0) is 19.1 Å². The van der Waals surface area contributed by atoms with Gasteiger partial charge in [-0.1, -0.05) is 30.3 Å². The molecular weight excluding hydrogens is 436 g/mol. The molecule has 0 unspecified atom stereocenters. The van der Waals surface area contributed by atoms with E-state index in [9.17, 15) is 14.4 Å². The number of anilines is 2. The third-order valence-electron chi connectivity index (χ3n) is 5.30. The number of methoxy groups -OCH3 is 1. The van der Waals surface area contributed by atoms with Gasteiger partial charge in [-0.3, -0.25) is 14.4 Å². The molecule has 1 heterocycles. The zero-order valence-electron chi connectivity index (χ0n) is 18.6. The Kier molecular flexibility index (Phi) is 7.07. The first-order valence-corrected chi connectivity index (χ1v) is 10.8. The average molecular weight is 460 g/mol. The number of para-hydroxylation sites is 3. The summed E-state index contributed by atoms with van der Waals surface area (Å²) in [4.78, 5) is 38.7. The highest BCUT2D eigenvalue weighted by atomic mass is 16.5. The molecule has 0 aromatic heterocycles. The van der Waals surface area contributed by atoms with Gasteiger partial charge in [-0.05, 0) is 48.5 Å². The number of nitrogens with zero attached hydrogens (tertiary/aromatic N) is 1. The van der Waals surface area contributed by atoms with Crippen LogP contribution in [-0.4, -0.2) is 38.0 Å². The van der Waals surface area contributed by atoms with Gasteiger partial charge in [0.1, 0.15) is 17.2 Å². The minimum Gasteiger partial charge on any atom is -0.495 e. The summed E-state index contributed by atoms with van der Waals surface area (Å²) in [6.07, 6.45) is 0.0153. The number of benzene rings is 3. The van der Waals surface area contributed by atoms with Crippen molar-refractivity contribution in [2.45, 2.75) is 6.42 Å². The third kappa shape index (κ3) is 5.53. The minimum absolute atomic E-state index is 0.0153. The molecule has 0 saturated carbocycles. The molecular formula is C26H24N2O6.